The number of ether oxygens (including phenoxy) is 1. The van der Waals surface area contributed by atoms with Gasteiger partial charge >= 0.3 is 5.97 Å². The average Bonchev–Trinajstić information content (AvgIpc) is 2.74. The highest BCUT2D eigenvalue weighted by Crippen LogP contribution is 2.23. The highest BCUT2D eigenvalue weighted by atomic mass is 79.9. The molecule has 0 unspecified atom stereocenters. The number of phenols is 1. The molecule has 0 spiro atoms. The van der Waals surface area contributed by atoms with E-state index in [0.29, 0.717) is 10.2 Å². The van der Waals surface area contributed by atoms with E-state index in [9.17, 15) is 14.7 Å². The van der Waals surface area contributed by atoms with Crippen LogP contribution in [-0.2, 0) is 9.53 Å². The first-order valence-corrected chi connectivity index (χ1v) is 10.3. The number of rotatable bonds is 6. The topological polar surface area (TPSA) is 82.1 Å². The zero-order chi connectivity index (χ0) is 20.8. The number of nitrogens with one attached hydrogen (secondary N) is 1. The van der Waals surface area contributed by atoms with Crippen LogP contribution in [0.5, 0.6) is 5.75 Å². The number of aromatic hydroxyl groups is 1. The Hall–Kier alpha value is -2.58. The van der Waals surface area contributed by atoms with E-state index in [2.05, 4.69) is 38.0 Å². The van der Waals surface area contributed by atoms with E-state index in [1.54, 1.807) is 6.07 Å². The monoisotopic (exact) mass is 461 g/mol. The number of benzene rings is 2. The van der Waals surface area contributed by atoms with E-state index in [-0.39, 0.29) is 11.3 Å². The standard InChI is InChI=1S/C21H24BrN3O4/c1-2-24-9-11-25(12-10-24)17-6-4-16(5-7-17)23-20(27)14-29-21(28)18-13-15(22)3-8-19(18)26/h3-8,13,26H,2,9-12,14H2,1H3,(H,23,27). The number of esters is 1. The number of amides is 1. The normalized spacial score (nSPS) is 14.5. The number of hydrogen-bond donors (Lipinski definition) is 2. The van der Waals surface area contributed by atoms with Crippen molar-refractivity contribution in [3.05, 3.63) is 52.5 Å². The van der Waals surface area contributed by atoms with Crippen LogP contribution in [0.25, 0.3) is 0 Å². The van der Waals surface area contributed by atoms with E-state index in [1.807, 2.05) is 24.3 Å². The lowest BCUT2D eigenvalue weighted by Gasteiger charge is -2.35. The molecule has 1 aliphatic heterocycles. The SMILES string of the molecule is CCN1CCN(c2ccc(NC(=O)COC(=O)c3cc(Br)ccc3O)cc2)CC1. The van der Waals surface area contributed by atoms with E-state index in [4.69, 9.17) is 4.74 Å². The Morgan fingerprint density at radius 2 is 1.79 bits per heavy atom. The molecule has 1 fully saturated rings. The van der Waals surface area contributed by atoms with Crippen molar-refractivity contribution in [3.63, 3.8) is 0 Å². The molecule has 0 radical (unpaired) electrons. The minimum Gasteiger partial charge on any atom is -0.507 e. The maximum atomic E-state index is 12.1. The fourth-order valence-corrected chi connectivity index (χ4v) is 3.52. The molecule has 7 nitrogen and oxygen atoms in total. The van der Waals surface area contributed by atoms with Crippen molar-refractivity contribution in [3.8, 4) is 5.75 Å². The molecule has 0 aliphatic carbocycles. The van der Waals surface area contributed by atoms with E-state index < -0.39 is 18.5 Å². The smallest absolute Gasteiger partial charge is 0.342 e. The predicted molar refractivity (Wildman–Crippen MR) is 115 cm³/mol. The van der Waals surface area contributed by atoms with Crippen LogP contribution in [0, 0.1) is 0 Å². The number of halogens is 1. The number of carbonyl (C=O) groups is 2. The first kappa shape index (κ1) is 21.1. The minimum atomic E-state index is -0.763. The molecule has 0 atom stereocenters. The number of hydrogen-bond acceptors (Lipinski definition) is 6. The molecule has 2 N–H and O–H groups in total. The molecule has 0 aromatic heterocycles. The largest absolute Gasteiger partial charge is 0.507 e. The van der Waals surface area contributed by atoms with E-state index >= 15 is 0 Å². The van der Waals surface area contributed by atoms with Gasteiger partial charge < -0.3 is 25.0 Å². The first-order valence-electron chi connectivity index (χ1n) is 9.49. The number of anilines is 2. The summed E-state index contributed by atoms with van der Waals surface area (Å²) in [5.74, 6) is -1.41. The molecule has 2 aromatic carbocycles. The number of carbonyl (C=O) groups excluding carboxylic acids is 2. The highest BCUT2D eigenvalue weighted by molar-refractivity contribution is 9.10. The summed E-state index contributed by atoms with van der Waals surface area (Å²) in [6, 6.07) is 12.0. The van der Waals surface area contributed by atoms with E-state index in [0.717, 1.165) is 38.4 Å². The lowest BCUT2D eigenvalue weighted by Crippen LogP contribution is -2.46. The van der Waals surface area contributed by atoms with Crippen molar-refractivity contribution in [1.29, 1.82) is 0 Å². The molecular formula is C21H24BrN3O4. The second kappa shape index (κ2) is 9.76. The fourth-order valence-electron chi connectivity index (χ4n) is 3.16. The maximum Gasteiger partial charge on any atom is 0.342 e. The number of nitrogens with zero attached hydrogens (tertiary/aromatic N) is 2. The van der Waals surface area contributed by atoms with Crippen LogP contribution in [0.15, 0.2) is 46.9 Å². The van der Waals surface area contributed by atoms with Gasteiger partial charge in [-0.1, -0.05) is 22.9 Å². The maximum absolute atomic E-state index is 12.1. The van der Waals surface area contributed by atoms with Crippen LogP contribution in [0.1, 0.15) is 17.3 Å². The number of piperazine rings is 1. The van der Waals surface area contributed by atoms with Gasteiger partial charge in [0.05, 0.1) is 0 Å². The molecule has 2 aromatic rings. The van der Waals surface area contributed by atoms with Crippen LogP contribution in [0.3, 0.4) is 0 Å². The van der Waals surface area contributed by atoms with Crippen LogP contribution in [0.4, 0.5) is 11.4 Å². The van der Waals surface area contributed by atoms with Gasteiger partial charge in [0.2, 0.25) is 0 Å². The van der Waals surface area contributed by atoms with Gasteiger partial charge in [-0.15, -0.1) is 0 Å². The average molecular weight is 462 g/mol. The van der Waals surface area contributed by atoms with Crippen molar-refractivity contribution in [1.82, 2.24) is 4.90 Å². The molecule has 1 aliphatic rings. The fraction of sp³-hybridized carbons (Fsp3) is 0.333. The summed E-state index contributed by atoms with van der Waals surface area (Å²) in [5.41, 5.74) is 1.75. The van der Waals surface area contributed by atoms with Crippen molar-refractivity contribution in [2.75, 3.05) is 49.5 Å². The summed E-state index contributed by atoms with van der Waals surface area (Å²) >= 11 is 3.23. The first-order chi connectivity index (χ1) is 14.0. The Balaban J connectivity index is 1.49. The number of likely N-dealkylation sites (N-methyl/N-ethyl adjacent to an activating group) is 1. The van der Waals surface area contributed by atoms with Crippen molar-refractivity contribution in [2.45, 2.75) is 6.92 Å². The van der Waals surface area contributed by atoms with Crippen molar-refractivity contribution < 1.29 is 19.4 Å². The van der Waals surface area contributed by atoms with Crippen molar-refractivity contribution >= 4 is 39.2 Å². The summed E-state index contributed by atoms with van der Waals surface area (Å²) in [5, 5.41) is 12.4. The molecule has 0 saturated carbocycles. The summed E-state index contributed by atoms with van der Waals surface area (Å²) < 4.78 is 5.62. The Labute approximate surface area is 178 Å². The summed E-state index contributed by atoms with van der Waals surface area (Å²) in [6.07, 6.45) is 0. The number of phenolic OH excluding ortho intramolecular Hbond substituents is 1. The van der Waals surface area contributed by atoms with Crippen LogP contribution in [-0.4, -0.2) is 61.2 Å². The third kappa shape index (κ3) is 5.71. The third-order valence-electron chi connectivity index (χ3n) is 4.85. The summed E-state index contributed by atoms with van der Waals surface area (Å²) in [7, 11) is 0. The van der Waals surface area contributed by atoms with Gasteiger partial charge in [0.25, 0.3) is 5.91 Å². The van der Waals surface area contributed by atoms with Gasteiger partial charge in [0, 0.05) is 42.0 Å². The van der Waals surface area contributed by atoms with Crippen LogP contribution >= 0.6 is 15.9 Å². The Morgan fingerprint density at radius 3 is 2.45 bits per heavy atom. The molecular weight excluding hydrogens is 438 g/mol. The molecule has 1 amide bonds. The lowest BCUT2D eigenvalue weighted by atomic mass is 10.2. The van der Waals surface area contributed by atoms with E-state index in [1.165, 1.54) is 12.1 Å². The molecule has 1 heterocycles. The molecule has 0 bridgehead atoms. The zero-order valence-electron chi connectivity index (χ0n) is 16.2. The Bertz CT molecular complexity index is 865. The van der Waals surface area contributed by atoms with Gasteiger partial charge in [0.1, 0.15) is 11.3 Å². The second-order valence-corrected chi connectivity index (χ2v) is 7.67. The van der Waals surface area contributed by atoms with Crippen LogP contribution < -0.4 is 10.2 Å². The highest BCUT2D eigenvalue weighted by Gasteiger charge is 2.17. The molecule has 154 valence electrons. The Kier molecular flexibility index (Phi) is 7.11. The Morgan fingerprint density at radius 1 is 1.10 bits per heavy atom. The van der Waals surface area contributed by atoms with Crippen molar-refractivity contribution in [2.24, 2.45) is 0 Å². The molecule has 29 heavy (non-hydrogen) atoms. The van der Waals surface area contributed by atoms with Crippen LogP contribution in [0.2, 0.25) is 0 Å². The molecule has 3 rings (SSSR count). The van der Waals surface area contributed by atoms with Gasteiger partial charge in [-0.05, 0) is 49.0 Å². The third-order valence-corrected chi connectivity index (χ3v) is 5.34. The summed E-state index contributed by atoms with van der Waals surface area (Å²) in [4.78, 5) is 28.9. The van der Waals surface area contributed by atoms with Gasteiger partial charge in [-0.3, -0.25) is 4.79 Å². The zero-order valence-corrected chi connectivity index (χ0v) is 17.8. The molecule has 8 heteroatoms. The van der Waals surface area contributed by atoms with Gasteiger partial charge in [-0.25, -0.2) is 4.79 Å². The lowest BCUT2D eigenvalue weighted by molar-refractivity contribution is -0.119. The molecule has 1 saturated heterocycles. The predicted octanol–water partition coefficient (Wildman–Crippen LogP) is 3.09. The minimum absolute atomic E-state index is 0.000280. The van der Waals surface area contributed by atoms with Gasteiger partial charge in [-0.2, -0.15) is 0 Å². The quantitative estimate of drug-likeness (QED) is 0.643. The van der Waals surface area contributed by atoms with Gasteiger partial charge in [0.15, 0.2) is 6.61 Å². The second-order valence-electron chi connectivity index (χ2n) is 6.75. The summed E-state index contributed by atoms with van der Waals surface area (Å²) in [6.45, 7) is 6.87.